The molecular weight excluding hydrogens is 276 g/mol. The number of nitrogens with zero attached hydrogens (tertiary/aromatic N) is 1. The molecule has 4 atom stereocenters. The monoisotopic (exact) mass is 300 g/mol. The summed E-state index contributed by atoms with van der Waals surface area (Å²) in [5.74, 6) is -1.08. The first-order chi connectivity index (χ1) is 9.77. The van der Waals surface area contributed by atoms with Crippen molar-refractivity contribution in [1.82, 2.24) is 10.2 Å². The Hall–Kier alpha value is -1.34. The molecule has 0 aromatic heterocycles. The molecule has 4 unspecified atom stereocenters. The number of likely N-dealkylation sites (tertiary alicyclic amines) is 1. The van der Waals surface area contributed by atoms with Gasteiger partial charge in [0.25, 0.3) is 0 Å². The predicted octanol–water partition coefficient (Wildman–Crippen LogP) is 0.419. The maximum atomic E-state index is 12.3. The molecule has 1 saturated carbocycles. The summed E-state index contributed by atoms with van der Waals surface area (Å²) in [5.41, 5.74) is -0.178. The van der Waals surface area contributed by atoms with Gasteiger partial charge in [-0.15, -0.1) is 0 Å². The summed E-state index contributed by atoms with van der Waals surface area (Å²) in [6, 6.07) is -1.42. The van der Waals surface area contributed by atoms with Crippen molar-refractivity contribution >= 4 is 12.0 Å². The number of hydrogen-bond acceptors (Lipinski definition) is 4. The third-order valence-electron chi connectivity index (χ3n) is 4.67. The smallest absolute Gasteiger partial charge is 0.326 e. The Labute approximate surface area is 124 Å². The van der Waals surface area contributed by atoms with Crippen LogP contribution in [-0.2, 0) is 9.53 Å². The van der Waals surface area contributed by atoms with E-state index in [0.29, 0.717) is 6.61 Å². The number of carboxylic acid groups (broad SMARTS) is 1. The molecule has 21 heavy (non-hydrogen) atoms. The zero-order chi connectivity index (χ0) is 15.8. The van der Waals surface area contributed by atoms with E-state index in [9.17, 15) is 14.7 Å². The van der Waals surface area contributed by atoms with Crippen molar-refractivity contribution in [2.24, 2.45) is 5.41 Å². The Morgan fingerprint density at radius 3 is 2.57 bits per heavy atom. The highest BCUT2D eigenvalue weighted by Gasteiger charge is 2.50. The number of carbonyl (C=O) groups excluding carboxylic acids is 1. The summed E-state index contributed by atoms with van der Waals surface area (Å²) >= 11 is 0. The van der Waals surface area contributed by atoms with Crippen LogP contribution in [-0.4, -0.2) is 64.6 Å². The summed E-state index contributed by atoms with van der Waals surface area (Å²) in [5, 5.41) is 21.6. The first-order valence-corrected chi connectivity index (χ1v) is 7.37. The number of ether oxygens (including phenoxy) is 1. The van der Waals surface area contributed by atoms with Gasteiger partial charge in [0.2, 0.25) is 0 Å². The summed E-state index contributed by atoms with van der Waals surface area (Å²) in [4.78, 5) is 24.6. The van der Waals surface area contributed by atoms with Gasteiger partial charge in [0, 0.05) is 31.0 Å². The molecule has 2 rings (SSSR count). The Bertz CT molecular complexity index is 426. The van der Waals surface area contributed by atoms with Crippen molar-refractivity contribution in [2.45, 2.75) is 57.9 Å². The van der Waals surface area contributed by atoms with Crippen LogP contribution in [0.5, 0.6) is 0 Å². The molecule has 0 bridgehead atoms. The Morgan fingerprint density at radius 2 is 2.05 bits per heavy atom. The molecule has 0 radical (unpaired) electrons. The third-order valence-corrected chi connectivity index (χ3v) is 4.67. The van der Waals surface area contributed by atoms with E-state index in [-0.39, 0.29) is 30.5 Å². The second kappa shape index (κ2) is 5.81. The lowest BCUT2D eigenvalue weighted by atomic mass is 9.64. The number of aliphatic hydroxyl groups is 1. The second-order valence-corrected chi connectivity index (χ2v) is 6.40. The molecule has 2 fully saturated rings. The normalized spacial score (nSPS) is 34.4. The average Bonchev–Trinajstić information content (AvgIpc) is 2.80. The standard InChI is InChI=1S/C14H24N2O5/c1-4-21-11-6-10(14(11,2)3)15-13(20)16-7-8(17)5-9(16)12(18)19/h8-11,17H,4-7H2,1-3H3,(H,15,20)(H,18,19). The van der Waals surface area contributed by atoms with E-state index in [1.807, 2.05) is 20.8 Å². The van der Waals surface area contributed by atoms with Crippen LogP contribution in [0.3, 0.4) is 0 Å². The van der Waals surface area contributed by atoms with Crippen LogP contribution in [0.2, 0.25) is 0 Å². The van der Waals surface area contributed by atoms with Crippen molar-refractivity contribution < 1.29 is 24.5 Å². The van der Waals surface area contributed by atoms with Gasteiger partial charge in [-0.1, -0.05) is 13.8 Å². The van der Waals surface area contributed by atoms with Crippen LogP contribution in [0.25, 0.3) is 0 Å². The van der Waals surface area contributed by atoms with Crippen LogP contribution in [0.1, 0.15) is 33.6 Å². The lowest BCUT2D eigenvalue weighted by molar-refractivity contribution is -0.141. The highest BCUT2D eigenvalue weighted by Crippen LogP contribution is 2.42. The Morgan fingerprint density at radius 1 is 1.38 bits per heavy atom. The van der Waals surface area contributed by atoms with Crippen molar-refractivity contribution in [1.29, 1.82) is 0 Å². The molecule has 0 aromatic rings. The molecule has 1 heterocycles. The van der Waals surface area contributed by atoms with Crippen molar-refractivity contribution in [3.63, 3.8) is 0 Å². The van der Waals surface area contributed by atoms with E-state index in [1.54, 1.807) is 0 Å². The number of β-amino-alcohol motifs (C(OH)–C–C–N with tert-alkyl or cyclic N) is 1. The molecule has 2 amide bonds. The van der Waals surface area contributed by atoms with Crippen molar-refractivity contribution in [3.8, 4) is 0 Å². The zero-order valence-corrected chi connectivity index (χ0v) is 12.7. The third kappa shape index (κ3) is 2.98. The van der Waals surface area contributed by atoms with Crippen LogP contribution in [0, 0.1) is 5.41 Å². The summed E-state index contributed by atoms with van der Waals surface area (Å²) in [6.07, 6.45) is 0.133. The number of amides is 2. The first-order valence-electron chi connectivity index (χ1n) is 7.37. The molecule has 7 nitrogen and oxygen atoms in total. The van der Waals surface area contributed by atoms with Crippen molar-refractivity contribution in [3.05, 3.63) is 0 Å². The van der Waals surface area contributed by atoms with E-state index in [0.717, 1.165) is 6.42 Å². The van der Waals surface area contributed by atoms with Gasteiger partial charge in [-0.2, -0.15) is 0 Å². The molecule has 7 heteroatoms. The van der Waals surface area contributed by atoms with Gasteiger partial charge in [-0.3, -0.25) is 0 Å². The number of carboxylic acids is 1. The second-order valence-electron chi connectivity index (χ2n) is 6.40. The molecule has 1 aliphatic carbocycles. The minimum atomic E-state index is -1.08. The van der Waals surface area contributed by atoms with Crippen LogP contribution in [0.15, 0.2) is 0 Å². The van der Waals surface area contributed by atoms with Crippen LogP contribution < -0.4 is 5.32 Å². The number of aliphatic carboxylic acids is 1. The summed E-state index contributed by atoms with van der Waals surface area (Å²) < 4.78 is 5.61. The van der Waals surface area contributed by atoms with Gasteiger partial charge in [0.1, 0.15) is 6.04 Å². The number of nitrogens with one attached hydrogen (secondary N) is 1. The SMILES string of the molecule is CCOC1CC(NC(=O)N2CC(O)CC2C(=O)O)C1(C)C. The van der Waals surface area contributed by atoms with E-state index in [2.05, 4.69) is 5.32 Å². The van der Waals surface area contributed by atoms with E-state index in [4.69, 9.17) is 9.84 Å². The molecule has 3 N–H and O–H groups in total. The number of carbonyl (C=O) groups is 2. The topological polar surface area (TPSA) is 99.1 Å². The van der Waals surface area contributed by atoms with E-state index >= 15 is 0 Å². The van der Waals surface area contributed by atoms with E-state index < -0.39 is 24.1 Å². The number of hydrogen-bond donors (Lipinski definition) is 3. The molecule has 120 valence electrons. The average molecular weight is 300 g/mol. The quantitative estimate of drug-likeness (QED) is 0.699. The Kier molecular flexibility index (Phi) is 4.43. The van der Waals surface area contributed by atoms with Gasteiger partial charge in [-0.05, 0) is 13.3 Å². The summed E-state index contributed by atoms with van der Waals surface area (Å²) in [6.45, 7) is 6.68. The molecule has 1 aliphatic heterocycles. The van der Waals surface area contributed by atoms with E-state index in [1.165, 1.54) is 4.90 Å². The number of urea groups is 1. The lowest BCUT2D eigenvalue weighted by Crippen LogP contribution is -2.64. The highest BCUT2D eigenvalue weighted by atomic mass is 16.5. The van der Waals surface area contributed by atoms with Crippen LogP contribution >= 0.6 is 0 Å². The molecular formula is C14H24N2O5. The fourth-order valence-electron chi connectivity index (χ4n) is 3.12. The van der Waals surface area contributed by atoms with Gasteiger partial charge >= 0.3 is 12.0 Å². The number of rotatable bonds is 4. The van der Waals surface area contributed by atoms with Crippen LogP contribution in [0.4, 0.5) is 4.79 Å². The molecule has 1 saturated heterocycles. The molecule has 0 spiro atoms. The maximum absolute atomic E-state index is 12.3. The van der Waals surface area contributed by atoms with Gasteiger partial charge in [0.05, 0.1) is 12.2 Å². The first kappa shape index (κ1) is 16.0. The van der Waals surface area contributed by atoms with Gasteiger partial charge in [0.15, 0.2) is 0 Å². The highest BCUT2D eigenvalue weighted by molar-refractivity contribution is 5.83. The predicted molar refractivity (Wildman–Crippen MR) is 74.9 cm³/mol. The fraction of sp³-hybridized carbons (Fsp3) is 0.857. The zero-order valence-electron chi connectivity index (χ0n) is 12.7. The largest absolute Gasteiger partial charge is 0.480 e. The molecule has 2 aliphatic rings. The van der Waals surface area contributed by atoms with Gasteiger partial charge < -0.3 is 25.2 Å². The molecule has 0 aromatic carbocycles. The maximum Gasteiger partial charge on any atom is 0.326 e. The fourth-order valence-corrected chi connectivity index (χ4v) is 3.12. The summed E-state index contributed by atoms with van der Waals surface area (Å²) in [7, 11) is 0. The number of aliphatic hydroxyl groups excluding tert-OH is 1. The van der Waals surface area contributed by atoms with Gasteiger partial charge in [-0.25, -0.2) is 9.59 Å². The lowest BCUT2D eigenvalue weighted by Gasteiger charge is -2.51. The Balaban J connectivity index is 1.95. The minimum absolute atomic E-state index is 0.0475. The van der Waals surface area contributed by atoms with Crippen molar-refractivity contribution in [2.75, 3.05) is 13.2 Å². The minimum Gasteiger partial charge on any atom is -0.480 e.